The van der Waals surface area contributed by atoms with Crippen LogP contribution in [0.3, 0.4) is 0 Å². The van der Waals surface area contributed by atoms with Gasteiger partial charge in [-0.05, 0) is 49.1 Å². The molecule has 1 aromatic rings. The smallest absolute Gasteiger partial charge is 0.170 e. The number of rotatable bonds is 6. The van der Waals surface area contributed by atoms with Crippen molar-refractivity contribution in [2.24, 2.45) is 16.8 Å². The van der Waals surface area contributed by atoms with Crippen LogP contribution in [-0.4, -0.2) is 29.0 Å². The van der Waals surface area contributed by atoms with Gasteiger partial charge in [0.1, 0.15) is 5.82 Å². The van der Waals surface area contributed by atoms with Gasteiger partial charge in [0.2, 0.25) is 0 Å². The predicted octanol–water partition coefficient (Wildman–Crippen LogP) is 2.54. The van der Waals surface area contributed by atoms with Gasteiger partial charge in [0.05, 0.1) is 0 Å². The standard InChI is InChI=1S/C15H22FN3O/c1-2-19(9-11-4-3-5-11)10-12-6-13(15(17)18-20)8-14(16)7-12/h6-8,11,20H,2-5,9-10H2,1H3,(H2,17,18). The van der Waals surface area contributed by atoms with Gasteiger partial charge in [0.25, 0.3) is 0 Å². The summed E-state index contributed by atoms with van der Waals surface area (Å²) >= 11 is 0. The summed E-state index contributed by atoms with van der Waals surface area (Å²) in [6.07, 6.45) is 3.93. The molecule has 0 atom stereocenters. The van der Waals surface area contributed by atoms with Gasteiger partial charge in [-0.1, -0.05) is 18.5 Å². The highest BCUT2D eigenvalue weighted by Crippen LogP contribution is 2.27. The van der Waals surface area contributed by atoms with E-state index in [1.165, 1.54) is 31.4 Å². The highest BCUT2D eigenvalue weighted by atomic mass is 19.1. The first-order valence-electron chi connectivity index (χ1n) is 7.12. The lowest BCUT2D eigenvalue weighted by Crippen LogP contribution is -2.32. The van der Waals surface area contributed by atoms with Crippen LogP contribution < -0.4 is 5.73 Å². The molecule has 0 amide bonds. The number of oxime groups is 1. The Bertz CT molecular complexity index is 486. The van der Waals surface area contributed by atoms with Crippen molar-refractivity contribution in [1.29, 1.82) is 0 Å². The molecule has 20 heavy (non-hydrogen) atoms. The van der Waals surface area contributed by atoms with Crippen molar-refractivity contribution in [3.8, 4) is 0 Å². The summed E-state index contributed by atoms with van der Waals surface area (Å²) in [5, 5.41) is 11.6. The van der Waals surface area contributed by atoms with Gasteiger partial charge >= 0.3 is 0 Å². The fourth-order valence-corrected chi connectivity index (χ4v) is 2.55. The number of amidine groups is 1. The van der Waals surface area contributed by atoms with Crippen molar-refractivity contribution < 1.29 is 9.60 Å². The minimum absolute atomic E-state index is 0.0622. The summed E-state index contributed by atoms with van der Waals surface area (Å²) in [5.74, 6) is 0.364. The van der Waals surface area contributed by atoms with Crippen LogP contribution in [-0.2, 0) is 6.54 Å². The van der Waals surface area contributed by atoms with Crippen LogP contribution in [0.15, 0.2) is 23.4 Å². The van der Waals surface area contributed by atoms with Gasteiger partial charge in [-0.15, -0.1) is 0 Å². The molecule has 0 spiro atoms. The molecule has 0 aliphatic heterocycles. The SMILES string of the molecule is CCN(Cc1cc(F)cc(/C(N)=N/O)c1)CC1CCC1. The number of nitrogens with two attached hydrogens (primary N) is 1. The van der Waals surface area contributed by atoms with E-state index in [0.29, 0.717) is 12.1 Å². The van der Waals surface area contributed by atoms with Crippen molar-refractivity contribution in [2.75, 3.05) is 13.1 Å². The minimum Gasteiger partial charge on any atom is -0.409 e. The van der Waals surface area contributed by atoms with E-state index in [4.69, 9.17) is 10.9 Å². The largest absolute Gasteiger partial charge is 0.409 e. The summed E-state index contributed by atoms with van der Waals surface area (Å²) in [5.41, 5.74) is 6.80. The Labute approximate surface area is 119 Å². The molecule has 5 heteroatoms. The highest BCUT2D eigenvalue weighted by molar-refractivity contribution is 5.97. The van der Waals surface area contributed by atoms with Crippen LogP contribution in [0, 0.1) is 11.7 Å². The Morgan fingerprint density at radius 3 is 2.75 bits per heavy atom. The Morgan fingerprint density at radius 2 is 2.20 bits per heavy atom. The molecule has 4 nitrogen and oxygen atoms in total. The summed E-state index contributed by atoms with van der Waals surface area (Å²) in [6.45, 7) is 4.80. The number of nitrogens with zero attached hydrogens (tertiary/aromatic N) is 2. The summed E-state index contributed by atoms with van der Waals surface area (Å²) < 4.78 is 13.6. The Balaban J connectivity index is 2.08. The number of hydrogen-bond acceptors (Lipinski definition) is 3. The van der Waals surface area contributed by atoms with E-state index < -0.39 is 0 Å². The summed E-state index contributed by atoms with van der Waals surface area (Å²) in [4.78, 5) is 2.31. The minimum atomic E-state index is -0.358. The molecular formula is C15H22FN3O. The fraction of sp³-hybridized carbons (Fsp3) is 0.533. The van der Waals surface area contributed by atoms with E-state index in [2.05, 4.69) is 17.0 Å². The fourth-order valence-electron chi connectivity index (χ4n) is 2.55. The van der Waals surface area contributed by atoms with Gasteiger partial charge < -0.3 is 10.9 Å². The molecule has 1 fully saturated rings. The number of hydrogen-bond donors (Lipinski definition) is 2. The second-order valence-corrected chi connectivity index (χ2v) is 5.46. The van der Waals surface area contributed by atoms with Crippen molar-refractivity contribution in [2.45, 2.75) is 32.7 Å². The maximum atomic E-state index is 13.6. The van der Waals surface area contributed by atoms with Crippen LogP contribution in [0.2, 0.25) is 0 Å². The van der Waals surface area contributed by atoms with Crippen molar-refractivity contribution in [3.05, 3.63) is 35.1 Å². The summed E-state index contributed by atoms with van der Waals surface area (Å²) in [6, 6.07) is 4.57. The molecule has 0 bridgehead atoms. The Kier molecular flexibility index (Phi) is 4.95. The summed E-state index contributed by atoms with van der Waals surface area (Å²) in [7, 11) is 0. The van der Waals surface area contributed by atoms with Crippen LogP contribution in [0.25, 0.3) is 0 Å². The molecule has 3 N–H and O–H groups in total. The van der Waals surface area contributed by atoms with E-state index >= 15 is 0 Å². The second kappa shape index (κ2) is 6.70. The van der Waals surface area contributed by atoms with E-state index in [0.717, 1.165) is 24.6 Å². The first-order chi connectivity index (χ1) is 9.62. The lowest BCUT2D eigenvalue weighted by Gasteiger charge is -2.31. The monoisotopic (exact) mass is 279 g/mol. The van der Waals surface area contributed by atoms with Crippen LogP contribution in [0.4, 0.5) is 4.39 Å². The van der Waals surface area contributed by atoms with Gasteiger partial charge in [0.15, 0.2) is 5.84 Å². The molecule has 1 aliphatic rings. The van der Waals surface area contributed by atoms with E-state index in [1.54, 1.807) is 6.07 Å². The average molecular weight is 279 g/mol. The van der Waals surface area contributed by atoms with Gasteiger partial charge in [0, 0.05) is 18.7 Å². The third kappa shape index (κ3) is 3.70. The molecule has 110 valence electrons. The van der Waals surface area contributed by atoms with Gasteiger partial charge in [-0.3, -0.25) is 4.90 Å². The van der Waals surface area contributed by atoms with Crippen molar-refractivity contribution in [3.63, 3.8) is 0 Å². The van der Waals surface area contributed by atoms with Crippen molar-refractivity contribution >= 4 is 5.84 Å². The third-order valence-electron chi connectivity index (χ3n) is 3.96. The van der Waals surface area contributed by atoms with E-state index in [1.807, 2.05) is 0 Å². The van der Waals surface area contributed by atoms with Crippen LogP contribution in [0.1, 0.15) is 37.3 Å². The zero-order valence-corrected chi connectivity index (χ0v) is 11.8. The molecule has 0 heterocycles. The lowest BCUT2D eigenvalue weighted by molar-refractivity contribution is 0.178. The molecule has 2 rings (SSSR count). The molecular weight excluding hydrogens is 257 g/mol. The van der Waals surface area contributed by atoms with Crippen LogP contribution >= 0.6 is 0 Å². The quantitative estimate of drug-likeness (QED) is 0.364. The molecule has 1 aromatic carbocycles. The Hall–Kier alpha value is -1.62. The normalized spacial score (nSPS) is 16.4. The maximum Gasteiger partial charge on any atom is 0.170 e. The molecule has 0 unspecified atom stereocenters. The highest BCUT2D eigenvalue weighted by Gasteiger charge is 2.20. The lowest BCUT2D eigenvalue weighted by atomic mass is 9.85. The first kappa shape index (κ1) is 14.8. The third-order valence-corrected chi connectivity index (χ3v) is 3.96. The van der Waals surface area contributed by atoms with E-state index in [9.17, 15) is 4.39 Å². The van der Waals surface area contributed by atoms with Crippen molar-refractivity contribution in [1.82, 2.24) is 4.90 Å². The van der Waals surface area contributed by atoms with E-state index in [-0.39, 0.29) is 11.7 Å². The predicted molar refractivity (Wildman–Crippen MR) is 77.2 cm³/mol. The zero-order valence-electron chi connectivity index (χ0n) is 11.8. The maximum absolute atomic E-state index is 13.6. The molecule has 1 saturated carbocycles. The van der Waals surface area contributed by atoms with Crippen LogP contribution in [0.5, 0.6) is 0 Å². The topological polar surface area (TPSA) is 61.8 Å². The first-order valence-corrected chi connectivity index (χ1v) is 7.12. The number of halogens is 1. The molecule has 0 aromatic heterocycles. The zero-order chi connectivity index (χ0) is 14.5. The van der Waals surface area contributed by atoms with Gasteiger partial charge in [-0.2, -0.15) is 0 Å². The molecule has 0 radical (unpaired) electrons. The van der Waals surface area contributed by atoms with Gasteiger partial charge in [-0.25, -0.2) is 4.39 Å². The molecule has 1 aliphatic carbocycles. The average Bonchev–Trinajstić information content (AvgIpc) is 2.39. The Morgan fingerprint density at radius 1 is 1.45 bits per heavy atom. The number of benzene rings is 1. The molecule has 0 saturated heterocycles. The second-order valence-electron chi connectivity index (χ2n) is 5.46.